The fourth-order valence-corrected chi connectivity index (χ4v) is 1.48. The van der Waals surface area contributed by atoms with Gasteiger partial charge in [-0.1, -0.05) is 25.4 Å². The minimum Gasteiger partial charge on any atom is -0.481 e. The summed E-state index contributed by atoms with van der Waals surface area (Å²) in [6.45, 7) is 4.37. The number of hydrogen-bond donors (Lipinski definition) is 1. The van der Waals surface area contributed by atoms with Crippen LogP contribution >= 0.6 is 11.6 Å². The van der Waals surface area contributed by atoms with Crippen molar-refractivity contribution in [2.24, 2.45) is 0 Å². The van der Waals surface area contributed by atoms with Gasteiger partial charge in [-0.25, -0.2) is 4.98 Å². The maximum absolute atomic E-state index is 10.4. The van der Waals surface area contributed by atoms with E-state index < -0.39 is 5.97 Å². The zero-order valence-corrected chi connectivity index (χ0v) is 8.95. The first kappa shape index (κ1) is 11.0. The van der Waals surface area contributed by atoms with Crippen LogP contribution < -0.4 is 0 Å². The van der Waals surface area contributed by atoms with E-state index >= 15 is 0 Å². The van der Waals surface area contributed by atoms with Gasteiger partial charge in [-0.2, -0.15) is 0 Å². The molecular formula is C9H13ClN2O2. The third-order valence-corrected chi connectivity index (χ3v) is 2.21. The van der Waals surface area contributed by atoms with Crippen LogP contribution in [0.25, 0.3) is 0 Å². The molecule has 0 aliphatic carbocycles. The number of carboxylic acid groups (broad SMARTS) is 1. The topological polar surface area (TPSA) is 55.1 Å². The normalized spacial score (nSPS) is 10.9. The van der Waals surface area contributed by atoms with E-state index in [1.807, 2.05) is 13.8 Å². The predicted molar refractivity (Wildman–Crippen MR) is 53.6 cm³/mol. The van der Waals surface area contributed by atoms with E-state index in [2.05, 4.69) is 4.98 Å². The number of aromatic nitrogens is 2. The standard InChI is InChI=1S/C9H13ClN2O2/c1-6(2)9-11-5-7(10)12(9)4-3-8(13)14/h5-6H,3-4H2,1-2H3,(H,13,14). The molecular weight excluding hydrogens is 204 g/mol. The van der Waals surface area contributed by atoms with Crippen molar-refractivity contribution in [1.82, 2.24) is 9.55 Å². The van der Waals surface area contributed by atoms with Crippen LogP contribution in [-0.2, 0) is 11.3 Å². The fourth-order valence-electron chi connectivity index (χ4n) is 1.26. The molecule has 0 radical (unpaired) electrons. The van der Waals surface area contributed by atoms with Gasteiger partial charge in [0.05, 0.1) is 12.6 Å². The van der Waals surface area contributed by atoms with Gasteiger partial charge in [-0.05, 0) is 0 Å². The summed E-state index contributed by atoms with van der Waals surface area (Å²) in [5.41, 5.74) is 0. The quantitative estimate of drug-likeness (QED) is 0.839. The zero-order chi connectivity index (χ0) is 10.7. The smallest absolute Gasteiger partial charge is 0.305 e. The Labute approximate surface area is 87.5 Å². The van der Waals surface area contributed by atoms with Crippen molar-refractivity contribution in [3.8, 4) is 0 Å². The van der Waals surface area contributed by atoms with E-state index in [0.717, 1.165) is 5.82 Å². The molecule has 0 spiro atoms. The van der Waals surface area contributed by atoms with E-state index in [1.54, 1.807) is 10.8 Å². The van der Waals surface area contributed by atoms with Crippen LogP contribution in [-0.4, -0.2) is 20.6 Å². The molecule has 1 rings (SSSR count). The highest BCUT2D eigenvalue weighted by molar-refractivity contribution is 6.29. The molecule has 78 valence electrons. The number of nitrogens with zero attached hydrogens (tertiary/aromatic N) is 2. The van der Waals surface area contributed by atoms with Gasteiger partial charge in [0.25, 0.3) is 0 Å². The second kappa shape index (κ2) is 4.46. The van der Waals surface area contributed by atoms with Gasteiger partial charge >= 0.3 is 5.97 Å². The Hall–Kier alpha value is -1.03. The molecule has 0 fully saturated rings. The van der Waals surface area contributed by atoms with Crippen LogP contribution in [0.2, 0.25) is 5.15 Å². The van der Waals surface area contributed by atoms with Crippen LogP contribution in [0.4, 0.5) is 0 Å². The lowest BCUT2D eigenvalue weighted by molar-refractivity contribution is -0.137. The first-order chi connectivity index (χ1) is 6.52. The van der Waals surface area contributed by atoms with Crippen LogP contribution in [0.5, 0.6) is 0 Å². The van der Waals surface area contributed by atoms with Crippen molar-refractivity contribution in [2.75, 3.05) is 0 Å². The summed E-state index contributed by atoms with van der Waals surface area (Å²) >= 11 is 5.88. The van der Waals surface area contributed by atoms with Crippen molar-refractivity contribution < 1.29 is 9.90 Å². The van der Waals surface area contributed by atoms with Crippen molar-refractivity contribution in [1.29, 1.82) is 0 Å². The number of rotatable bonds is 4. The molecule has 5 heteroatoms. The molecule has 14 heavy (non-hydrogen) atoms. The molecule has 0 amide bonds. The van der Waals surface area contributed by atoms with Crippen molar-refractivity contribution in [2.45, 2.75) is 32.7 Å². The van der Waals surface area contributed by atoms with Crippen molar-refractivity contribution in [3.63, 3.8) is 0 Å². The van der Waals surface area contributed by atoms with Crippen LogP contribution in [0.1, 0.15) is 32.0 Å². The summed E-state index contributed by atoms with van der Waals surface area (Å²) in [4.78, 5) is 14.5. The van der Waals surface area contributed by atoms with Crippen LogP contribution in [0, 0.1) is 0 Å². The maximum Gasteiger partial charge on any atom is 0.305 e. The minimum atomic E-state index is -0.829. The van der Waals surface area contributed by atoms with Crippen LogP contribution in [0.3, 0.4) is 0 Å². The highest BCUT2D eigenvalue weighted by atomic mass is 35.5. The molecule has 0 saturated heterocycles. The average molecular weight is 217 g/mol. The predicted octanol–water partition coefficient (Wildman–Crippen LogP) is 2.13. The Kier molecular flexibility index (Phi) is 3.52. The maximum atomic E-state index is 10.4. The Morgan fingerprint density at radius 3 is 2.86 bits per heavy atom. The number of imidazole rings is 1. The highest BCUT2D eigenvalue weighted by Gasteiger charge is 2.12. The largest absolute Gasteiger partial charge is 0.481 e. The summed E-state index contributed by atoms with van der Waals surface area (Å²) in [5, 5.41) is 9.05. The fraction of sp³-hybridized carbons (Fsp3) is 0.556. The summed E-state index contributed by atoms with van der Waals surface area (Å²) in [7, 11) is 0. The SMILES string of the molecule is CC(C)c1ncc(Cl)n1CCC(=O)O. The van der Waals surface area contributed by atoms with Gasteiger partial charge in [-0.3, -0.25) is 4.79 Å². The minimum absolute atomic E-state index is 0.0653. The van der Waals surface area contributed by atoms with Gasteiger partial charge in [0.2, 0.25) is 0 Å². The number of hydrogen-bond acceptors (Lipinski definition) is 2. The highest BCUT2D eigenvalue weighted by Crippen LogP contribution is 2.19. The molecule has 0 atom stereocenters. The third kappa shape index (κ3) is 2.48. The Morgan fingerprint density at radius 1 is 1.71 bits per heavy atom. The van der Waals surface area contributed by atoms with E-state index in [4.69, 9.17) is 16.7 Å². The number of halogens is 1. The Bertz CT molecular complexity index is 334. The zero-order valence-electron chi connectivity index (χ0n) is 8.20. The summed E-state index contributed by atoms with van der Waals surface area (Å²) in [6, 6.07) is 0. The second-order valence-electron chi connectivity index (χ2n) is 3.39. The second-order valence-corrected chi connectivity index (χ2v) is 3.78. The molecule has 0 saturated carbocycles. The van der Waals surface area contributed by atoms with Gasteiger partial charge in [0.1, 0.15) is 11.0 Å². The lowest BCUT2D eigenvalue weighted by Crippen LogP contribution is -2.09. The van der Waals surface area contributed by atoms with Gasteiger partial charge in [-0.15, -0.1) is 0 Å². The average Bonchev–Trinajstić information content (AvgIpc) is 2.43. The molecule has 0 bridgehead atoms. The molecule has 0 aliphatic heterocycles. The molecule has 1 aromatic rings. The van der Waals surface area contributed by atoms with Gasteiger partial charge in [0.15, 0.2) is 0 Å². The van der Waals surface area contributed by atoms with Crippen molar-refractivity contribution in [3.05, 3.63) is 17.2 Å². The summed E-state index contributed by atoms with van der Waals surface area (Å²) in [5.74, 6) is 0.247. The first-order valence-corrected chi connectivity index (χ1v) is 4.83. The Balaban J connectivity index is 2.82. The van der Waals surface area contributed by atoms with E-state index in [0.29, 0.717) is 11.7 Å². The lowest BCUT2D eigenvalue weighted by atomic mass is 10.2. The molecule has 0 aromatic carbocycles. The molecule has 4 nitrogen and oxygen atoms in total. The van der Waals surface area contributed by atoms with Gasteiger partial charge in [0, 0.05) is 12.5 Å². The number of aliphatic carboxylic acids is 1. The Morgan fingerprint density at radius 2 is 2.36 bits per heavy atom. The lowest BCUT2D eigenvalue weighted by Gasteiger charge is -2.09. The number of carboxylic acids is 1. The molecule has 1 aromatic heterocycles. The first-order valence-electron chi connectivity index (χ1n) is 4.45. The summed E-state index contributed by atoms with van der Waals surface area (Å²) < 4.78 is 1.74. The van der Waals surface area contributed by atoms with E-state index in [9.17, 15) is 4.79 Å². The monoisotopic (exact) mass is 216 g/mol. The van der Waals surface area contributed by atoms with Gasteiger partial charge < -0.3 is 9.67 Å². The third-order valence-electron chi connectivity index (χ3n) is 1.90. The van der Waals surface area contributed by atoms with Crippen molar-refractivity contribution >= 4 is 17.6 Å². The van der Waals surface area contributed by atoms with Crippen LogP contribution in [0.15, 0.2) is 6.20 Å². The molecule has 1 N–H and O–H groups in total. The molecule has 0 aliphatic rings. The van der Waals surface area contributed by atoms with E-state index in [1.165, 1.54) is 0 Å². The van der Waals surface area contributed by atoms with E-state index in [-0.39, 0.29) is 12.3 Å². The molecule has 0 unspecified atom stereocenters. The number of carbonyl (C=O) groups is 1. The summed E-state index contributed by atoms with van der Waals surface area (Å²) in [6.07, 6.45) is 1.62. The molecule has 1 heterocycles.